The summed E-state index contributed by atoms with van der Waals surface area (Å²) in [4.78, 5) is 3.26. The van der Waals surface area contributed by atoms with Crippen molar-refractivity contribution < 1.29 is 17.0 Å². The summed E-state index contributed by atoms with van der Waals surface area (Å²) in [6, 6.07) is -1.86. The number of halogens is 3. The Labute approximate surface area is 80.0 Å². The minimum atomic E-state index is -4.31. The minimum Gasteiger partial charge on any atom is -0.249 e. The lowest BCUT2D eigenvalue weighted by molar-refractivity contribution is 0.0163. The van der Waals surface area contributed by atoms with Gasteiger partial charge < -0.3 is 0 Å². The maximum absolute atomic E-state index is 13.6. The summed E-state index contributed by atoms with van der Waals surface area (Å²) >= 11 is 2.60. The fourth-order valence-electron chi connectivity index (χ4n) is 0.483. The van der Waals surface area contributed by atoms with Gasteiger partial charge in [0.15, 0.2) is 0 Å². The van der Waals surface area contributed by atoms with Crippen LogP contribution in [0.4, 0.5) is 8.78 Å². The van der Waals surface area contributed by atoms with Crippen LogP contribution < -0.4 is 0 Å². The van der Waals surface area contributed by atoms with E-state index in [1.807, 2.05) is 0 Å². The molecule has 0 spiro atoms. The van der Waals surface area contributed by atoms with Gasteiger partial charge in [-0.15, -0.1) is 0 Å². The van der Waals surface area contributed by atoms with Crippen molar-refractivity contribution in [3.05, 3.63) is 28.4 Å². The van der Waals surface area contributed by atoms with Gasteiger partial charge >= 0.3 is 0 Å². The van der Waals surface area contributed by atoms with Gasteiger partial charge in [-0.25, -0.2) is 13.8 Å². The van der Waals surface area contributed by atoms with Crippen LogP contribution in [0.2, 0.25) is 0 Å². The van der Waals surface area contributed by atoms with Crippen LogP contribution in [-0.2, 0) is 5.92 Å². The van der Waals surface area contributed by atoms with Crippen LogP contribution in [0.1, 0.15) is 20.6 Å². The van der Waals surface area contributed by atoms with E-state index in [9.17, 15) is 8.78 Å². The summed E-state index contributed by atoms with van der Waals surface area (Å²) in [6.07, 6.45) is -0.674. The van der Waals surface area contributed by atoms with Gasteiger partial charge in [0.25, 0.3) is 5.92 Å². The van der Waals surface area contributed by atoms with Crippen molar-refractivity contribution in [3.8, 4) is 0 Å². The van der Waals surface area contributed by atoms with Gasteiger partial charge in [0, 0.05) is 17.1 Å². The molecule has 0 bridgehead atoms. The number of hydrogen-bond donors (Lipinski definition) is 0. The molecule has 11 heavy (non-hydrogen) atoms. The van der Waals surface area contributed by atoms with Gasteiger partial charge in [0.2, 0.25) is 0 Å². The molecule has 0 aliphatic carbocycles. The highest BCUT2D eigenvalue weighted by Crippen LogP contribution is 2.30. The molecule has 0 unspecified atom stereocenters. The summed E-state index contributed by atoms with van der Waals surface area (Å²) in [6.45, 7) is -3.65. The Balaban J connectivity index is 3.58. The van der Waals surface area contributed by atoms with Crippen LogP contribution in [0.15, 0.2) is 22.9 Å². The van der Waals surface area contributed by atoms with Crippen LogP contribution >= 0.6 is 15.9 Å². The quantitative estimate of drug-likeness (QED) is 0.673. The first-order valence-corrected chi connectivity index (χ1v) is 3.31. The highest BCUT2D eigenvalue weighted by atomic mass is 79.9. The summed E-state index contributed by atoms with van der Waals surface area (Å²) < 4.78 is 68.4. The Bertz CT molecular complexity index is 461. The van der Waals surface area contributed by atoms with Crippen LogP contribution in [0, 0.1) is 0 Å². The van der Waals surface area contributed by atoms with Crippen molar-refractivity contribution in [1.29, 1.82) is 0 Å². The second-order valence-electron chi connectivity index (χ2n) is 1.71. The lowest BCUT2D eigenvalue weighted by Gasteiger charge is -2.10. The Hall–Kier alpha value is -0.510. The lowest BCUT2D eigenvalue weighted by Crippen LogP contribution is -2.08. The topological polar surface area (TPSA) is 12.9 Å². The molecule has 1 aromatic heterocycles. The highest BCUT2D eigenvalue weighted by molar-refractivity contribution is 9.10. The molecule has 0 saturated carbocycles. The molecular formula is C7H6BrF2N. The van der Waals surface area contributed by atoms with E-state index in [2.05, 4.69) is 20.9 Å². The SMILES string of the molecule is [2H]c1nc(Br)c(C(F)(F)C([2H])([2H])[2H])c([2H])c1[2H]. The second kappa shape index (κ2) is 2.85. The molecule has 60 valence electrons. The zero-order valence-electron chi connectivity index (χ0n) is 11.1. The van der Waals surface area contributed by atoms with Crippen molar-refractivity contribution >= 4 is 15.9 Å². The fourth-order valence-corrected chi connectivity index (χ4v) is 0.920. The number of pyridine rings is 1. The van der Waals surface area contributed by atoms with Crippen LogP contribution in [0.25, 0.3) is 0 Å². The second-order valence-corrected chi connectivity index (χ2v) is 2.46. The Morgan fingerprint density at radius 3 is 3.18 bits per heavy atom. The normalized spacial score (nSPS) is 20.6. The first-order valence-electron chi connectivity index (χ1n) is 5.51. The maximum atomic E-state index is 13.6. The van der Waals surface area contributed by atoms with E-state index in [0.29, 0.717) is 0 Å². The Kier molecular flexibility index (Phi) is 0.900. The summed E-state index contributed by atoms with van der Waals surface area (Å²) in [5.74, 6) is -4.31. The van der Waals surface area contributed by atoms with Crippen LogP contribution in [0.3, 0.4) is 0 Å². The highest BCUT2D eigenvalue weighted by Gasteiger charge is 2.26. The number of rotatable bonds is 1. The number of alkyl halides is 2. The van der Waals surface area contributed by atoms with E-state index in [0.717, 1.165) is 0 Å². The molecule has 0 atom stereocenters. The average Bonchev–Trinajstić information content (AvgIpc) is 2.12. The van der Waals surface area contributed by atoms with Gasteiger partial charge in [0.05, 0.1) is 9.68 Å². The Morgan fingerprint density at radius 1 is 1.82 bits per heavy atom. The third-order valence-corrected chi connectivity index (χ3v) is 1.49. The zero-order valence-corrected chi connectivity index (χ0v) is 6.67. The van der Waals surface area contributed by atoms with E-state index < -0.39 is 41.2 Å². The van der Waals surface area contributed by atoms with Gasteiger partial charge in [-0.3, -0.25) is 0 Å². The van der Waals surface area contributed by atoms with E-state index in [4.69, 9.17) is 8.22 Å². The lowest BCUT2D eigenvalue weighted by atomic mass is 10.2. The molecule has 0 aromatic carbocycles. The number of nitrogens with zero attached hydrogens (tertiary/aromatic N) is 1. The molecular weight excluding hydrogens is 216 g/mol. The van der Waals surface area contributed by atoms with Gasteiger partial charge in [-0.2, -0.15) is 0 Å². The summed E-state index contributed by atoms with van der Waals surface area (Å²) in [7, 11) is 0. The number of aromatic nitrogens is 1. The van der Waals surface area contributed by atoms with Crippen molar-refractivity contribution in [3.63, 3.8) is 0 Å². The fraction of sp³-hybridized carbons (Fsp3) is 0.286. The molecule has 1 rings (SSSR count). The van der Waals surface area contributed by atoms with Crippen LogP contribution in [0.5, 0.6) is 0 Å². The zero-order chi connectivity index (χ0) is 13.6. The summed E-state index contributed by atoms with van der Waals surface area (Å²) in [5.41, 5.74) is -1.20. The third kappa shape index (κ3) is 1.96. The predicted molar refractivity (Wildman–Crippen MR) is 41.5 cm³/mol. The van der Waals surface area contributed by atoms with E-state index in [1.165, 1.54) is 0 Å². The summed E-state index contributed by atoms with van der Waals surface area (Å²) in [5, 5.41) is 0. The number of hydrogen-bond acceptors (Lipinski definition) is 1. The van der Waals surface area contributed by atoms with Crippen molar-refractivity contribution in [2.45, 2.75) is 12.8 Å². The monoisotopic (exact) mass is 227 g/mol. The Morgan fingerprint density at radius 2 is 2.55 bits per heavy atom. The predicted octanol–water partition coefficient (Wildman–Crippen LogP) is 2.96. The molecule has 1 aromatic rings. The first kappa shape index (κ1) is 3.47. The van der Waals surface area contributed by atoms with Gasteiger partial charge in [-0.1, -0.05) is 0 Å². The molecule has 0 saturated heterocycles. The average molecular weight is 228 g/mol. The van der Waals surface area contributed by atoms with E-state index >= 15 is 0 Å². The van der Waals surface area contributed by atoms with Gasteiger partial charge in [-0.05, 0) is 28.0 Å². The molecule has 0 radical (unpaired) electrons. The van der Waals surface area contributed by atoms with E-state index in [-0.39, 0.29) is 0 Å². The van der Waals surface area contributed by atoms with Crippen LogP contribution in [-0.4, -0.2) is 4.98 Å². The van der Waals surface area contributed by atoms with Crippen molar-refractivity contribution in [2.75, 3.05) is 0 Å². The minimum absolute atomic E-state index is 0.607. The maximum Gasteiger partial charge on any atom is 0.273 e. The molecule has 0 fully saturated rings. The molecule has 0 N–H and O–H groups in total. The van der Waals surface area contributed by atoms with Crippen molar-refractivity contribution in [1.82, 2.24) is 4.98 Å². The first-order chi connectivity index (χ1) is 7.50. The molecule has 1 heterocycles. The van der Waals surface area contributed by atoms with Gasteiger partial charge in [0.1, 0.15) is 4.60 Å². The molecule has 1 nitrogen and oxygen atoms in total. The van der Waals surface area contributed by atoms with E-state index in [1.54, 1.807) is 0 Å². The largest absolute Gasteiger partial charge is 0.273 e. The standard InChI is InChI=1S/C7H6BrF2N/c1-7(9,10)5-3-2-4-11-6(5)8/h2-4H,1H3/i1D3,2D,3D,4D. The van der Waals surface area contributed by atoms with Crippen molar-refractivity contribution in [2.24, 2.45) is 0 Å². The smallest absolute Gasteiger partial charge is 0.249 e. The molecule has 4 heteroatoms. The molecule has 0 aliphatic rings. The third-order valence-electron chi connectivity index (χ3n) is 0.918. The molecule has 0 amide bonds. The molecule has 0 aliphatic heterocycles.